The van der Waals surface area contributed by atoms with Crippen molar-refractivity contribution in [3.63, 3.8) is 0 Å². The first-order chi connectivity index (χ1) is 13.1. The number of rotatable bonds is 3. The van der Waals surface area contributed by atoms with Crippen molar-refractivity contribution in [3.05, 3.63) is 77.7 Å². The smallest absolute Gasteiger partial charge is 0.323 e. The number of carbonyl (C=O) groups is 2. The highest BCUT2D eigenvalue weighted by molar-refractivity contribution is 6.06. The van der Waals surface area contributed by atoms with E-state index in [1.54, 1.807) is 17.0 Å². The molecular weight excluding hydrogens is 342 g/mol. The van der Waals surface area contributed by atoms with Gasteiger partial charge in [-0.1, -0.05) is 18.2 Å². The van der Waals surface area contributed by atoms with Crippen LogP contribution in [-0.4, -0.2) is 18.5 Å². The number of urea groups is 1. The molecule has 0 atom stereocenters. The third-order valence-electron chi connectivity index (χ3n) is 4.49. The summed E-state index contributed by atoms with van der Waals surface area (Å²) in [5.74, 6) is 0.124. The molecule has 1 aromatic heterocycles. The zero-order chi connectivity index (χ0) is 18.8. The Balaban J connectivity index is 1.50. The van der Waals surface area contributed by atoms with Crippen LogP contribution in [0.3, 0.4) is 0 Å². The van der Waals surface area contributed by atoms with E-state index in [0.29, 0.717) is 18.0 Å². The van der Waals surface area contributed by atoms with Crippen molar-refractivity contribution in [1.29, 1.82) is 0 Å². The summed E-state index contributed by atoms with van der Waals surface area (Å²) in [4.78, 5) is 26.6. The van der Waals surface area contributed by atoms with Gasteiger partial charge in [-0.25, -0.2) is 4.79 Å². The number of furan rings is 1. The van der Waals surface area contributed by atoms with Crippen LogP contribution in [0, 0.1) is 6.92 Å². The molecule has 0 spiro atoms. The van der Waals surface area contributed by atoms with E-state index in [1.807, 2.05) is 49.4 Å². The average molecular weight is 361 g/mol. The maximum absolute atomic E-state index is 12.6. The lowest BCUT2D eigenvalue weighted by Gasteiger charge is -2.17. The summed E-state index contributed by atoms with van der Waals surface area (Å²) in [6.07, 6.45) is 2.26. The van der Waals surface area contributed by atoms with Crippen molar-refractivity contribution < 1.29 is 14.0 Å². The van der Waals surface area contributed by atoms with Crippen molar-refractivity contribution in [3.8, 4) is 0 Å². The van der Waals surface area contributed by atoms with Crippen molar-refractivity contribution in [2.45, 2.75) is 13.3 Å². The van der Waals surface area contributed by atoms with Gasteiger partial charge in [-0.2, -0.15) is 0 Å². The maximum Gasteiger partial charge on any atom is 0.323 e. The van der Waals surface area contributed by atoms with Gasteiger partial charge in [0.15, 0.2) is 5.76 Å². The van der Waals surface area contributed by atoms with E-state index in [4.69, 9.17) is 4.42 Å². The SMILES string of the molecule is Cc1cccc(NC(=O)Nc2ccc3c(c2)N(C(=O)c2ccco2)CC3)c1. The van der Waals surface area contributed by atoms with E-state index in [9.17, 15) is 9.59 Å². The predicted molar refractivity (Wildman–Crippen MR) is 104 cm³/mol. The van der Waals surface area contributed by atoms with Crippen molar-refractivity contribution in [1.82, 2.24) is 0 Å². The monoisotopic (exact) mass is 361 g/mol. The highest BCUT2D eigenvalue weighted by atomic mass is 16.3. The van der Waals surface area contributed by atoms with Crippen LogP contribution in [0.4, 0.5) is 21.9 Å². The van der Waals surface area contributed by atoms with Crippen LogP contribution < -0.4 is 15.5 Å². The minimum atomic E-state index is -0.331. The number of hydrogen-bond donors (Lipinski definition) is 2. The fraction of sp³-hybridized carbons (Fsp3) is 0.143. The van der Waals surface area contributed by atoms with Crippen molar-refractivity contribution >= 4 is 29.0 Å². The van der Waals surface area contributed by atoms with E-state index in [1.165, 1.54) is 6.26 Å². The Morgan fingerprint density at radius 3 is 2.56 bits per heavy atom. The van der Waals surface area contributed by atoms with E-state index in [-0.39, 0.29) is 11.9 Å². The third-order valence-corrected chi connectivity index (χ3v) is 4.49. The summed E-state index contributed by atoms with van der Waals surface area (Å²) in [7, 11) is 0. The normalized spacial score (nSPS) is 12.6. The molecule has 27 heavy (non-hydrogen) atoms. The molecule has 6 heteroatoms. The third kappa shape index (κ3) is 3.55. The Bertz CT molecular complexity index is 996. The molecule has 4 rings (SSSR count). The molecule has 0 radical (unpaired) electrons. The molecule has 0 bridgehead atoms. The Hall–Kier alpha value is -3.54. The van der Waals surface area contributed by atoms with Crippen LogP contribution in [0.2, 0.25) is 0 Å². The molecule has 1 aliphatic rings. The van der Waals surface area contributed by atoms with E-state index in [2.05, 4.69) is 10.6 Å². The van der Waals surface area contributed by atoms with Crippen LogP contribution in [0.5, 0.6) is 0 Å². The molecule has 2 aromatic carbocycles. The van der Waals surface area contributed by atoms with Crippen LogP contribution in [0.15, 0.2) is 65.3 Å². The number of carbonyl (C=O) groups excluding carboxylic acids is 2. The van der Waals surface area contributed by atoms with Gasteiger partial charge >= 0.3 is 6.03 Å². The van der Waals surface area contributed by atoms with Crippen LogP contribution in [0.1, 0.15) is 21.7 Å². The Morgan fingerprint density at radius 2 is 1.81 bits per heavy atom. The van der Waals surface area contributed by atoms with Gasteiger partial charge in [-0.15, -0.1) is 0 Å². The predicted octanol–water partition coefficient (Wildman–Crippen LogP) is 4.43. The lowest BCUT2D eigenvalue weighted by Crippen LogP contribution is -2.28. The molecule has 0 aliphatic carbocycles. The summed E-state index contributed by atoms with van der Waals surface area (Å²) < 4.78 is 5.22. The Labute approximate surface area is 156 Å². The van der Waals surface area contributed by atoms with Crippen molar-refractivity contribution in [2.24, 2.45) is 0 Å². The van der Waals surface area contributed by atoms with Gasteiger partial charge in [0, 0.05) is 23.6 Å². The number of amides is 3. The molecule has 0 saturated carbocycles. The molecule has 1 aliphatic heterocycles. The summed E-state index contributed by atoms with van der Waals surface area (Å²) in [6.45, 7) is 2.56. The van der Waals surface area contributed by atoms with Gasteiger partial charge in [-0.3, -0.25) is 4.79 Å². The Kier molecular flexibility index (Phi) is 4.38. The molecule has 3 aromatic rings. The van der Waals surface area contributed by atoms with Gasteiger partial charge in [0.2, 0.25) is 0 Å². The number of aryl methyl sites for hydroxylation is 1. The quantitative estimate of drug-likeness (QED) is 0.724. The standard InChI is InChI=1S/C21H19N3O3/c1-14-4-2-5-16(12-14)22-21(26)23-17-8-7-15-9-10-24(18(15)13-17)20(25)19-6-3-11-27-19/h2-8,11-13H,9-10H2,1H3,(H2,22,23,26). The van der Waals surface area contributed by atoms with E-state index in [0.717, 1.165) is 28.9 Å². The first-order valence-corrected chi connectivity index (χ1v) is 8.73. The zero-order valence-corrected chi connectivity index (χ0v) is 14.9. The average Bonchev–Trinajstić information content (AvgIpc) is 3.31. The number of anilines is 3. The number of benzene rings is 2. The molecule has 2 N–H and O–H groups in total. The number of hydrogen-bond acceptors (Lipinski definition) is 3. The second-order valence-electron chi connectivity index (χ2n) is 6.48. The van der Waals surface area contributed by atoms with Crippen LogP contribution in [0.25, 0.3) is 0 Å². The summed E-state index contributed by atoms with van der Waals surface area (Å²) >= 11 is 0. The topological polar surface area (TPSA) is 74.6 Å². The van der Waals surface area contributed by atoms with Gasteiger partial charge in [0.1, 0.15) is 0 Å². The van der Waals surface area contributed by atoms with Gasteiger partial charge < -0.3 is 20.0 Å². The second-order valence-corrected chi connectivity index (χ2v) is 6.48. The lowest BCUT2D eigenvalue weighted by atomic mass is 10.1. The van der Waals surface area contributed by atoms with Gasteiger partial charge in [0.05, 0.1) is 6.26 Å². The minimum absolute atomic E-state index is 0.180. The molecule has 0 saturated heterocycles. The minimum Gasteiger partial charge on any atom is -0.459 e. The molecule has 2 heterocycles. The molecule has 0 fully saturated rings. The molecule has 0 unspecified atom stereocenters. The molecular formula is C21H19N3O3. The first kappa shape index (κ1) is 16.9. The molecule has 136 valence electrons. The summed E-state index contributed by atoms with van der Waals surface area (Å²) in [6, 6.07) is 16.2. The van der Waals surface area contributed by atoms with E-state index >= 15 is 0 Å². The van der Waals surface area contributed by atoms with Gasteiger partial charge in [0.25, 0.3) is 5.91 Å². The number of fused-ring (bicyclic) bond motifs is 1. The maximum atomic E-state index is 12.6. The number of nitrogens with zero attached hydrogens (tertiary/aromatic N) is 1. The van der Waals surface area contributed by atoms with Crippen LogP contribution >= 0.6 is 0 Å². The fourth-order valence-corrected chi connectivity index (χ4v) is 3.22. The van der Waals surface area contributed by atoms with Crippen molar-refractivity contribution in [2.75, 3.05) is 22.1 Å². The van der Waals surface area contributed by atoms with E-state index < -0.39 is 0 Å². The Morgan fingerprint density at radius 1 is 1.00 bits per heavy atom. The number of nitrogens with one attached hydrogen (secondary N) is 2. The highest BCUT2D eigenvalue weighted by Crippen LogP contribution is 2.32. The van der Waals surface area contributed by atoms with Crippen LogP contribution in [-0.2, 0) is 6.42 Å². The molecule has 3 amide bonds. The summed E-state index contributed by atoms with van der Waals surface area (Å²) in [5.41, 5.74) is 4.28. The first-order valence-electron chi connectivity index (χ1n) is 8.73. The zero-order valence-electron chi connectivity index (χ0n) is 14.9. The highest BCUT2D eigenvalue weighted by Gasteiger charge is 2.27. The summed E-state index contributed by atoms with van der Waals surface area (Å²) in [5, 5.41) is 5.63. The molecule has 6 nitrogen and oxygen atoms in total. The lowest BCUT2D eigenvalue weighted by molar-refractivity contribution is 0.0963. The van der Waals surface area contributed by atoms with Gasteiger partial charge in [-0.05, 0) is 60.9 Å². The fourth-order valence-electron chi connectivity index (χ4n) is 3.22. The largest absolute Gasteiger partial charge is 0.459 e. The second kappa shape index (κ2) is 6.99.